The first kappa shape index (κ1) is 11.0. The van der Waals surface area contributed by atoms with Crippen molar-refractivity contribution in [3.63, 3.8) is 0 Å². The molecule has 0 bridgehead atoms. The summed E-state index contributed by atoms with van der Waals surface area (Å²) in [5.41, 5.74) is 0. The van der Waals surface area contributed by atoms with E-state index in [1.165, 1.54) is 18.0 Å². The van der Waals surface area contributed by atoms with Crippen molar-refractivity contribution in [3.8, 4) is 0 Å². The van der Waals surface area contributed by atoms with Gasteiger partial charge < -0.3 is 5.11 Å². The summed E-state index contributed by atoms with van der Waals surface area (Å²) in [7, 11) is 0. The molecule has 0 atom stereocenters. The first-order valence-corrected chi connectivity index (χ1v) is 5.40. The average molecular weight is 239 g/mol. The number of nitrogens with zero attached hydrogens (tertiary/aromatic N) is 2. The Morgan fingerprint density at radius 1 is 1.46 bits per heavy atom. The third kappa shape index (κ3) is 3.68. The second kappa shape index (κ2) is 5.65. The lowest BCUT2D eigenvalue weighted by Crippen LogP contribution is -1.90. The van der Waals surface area contributed by atoms with Gasteiger partial charge >= 0.3 is 0 Å². The van der Waals surface area contributed by atoms with Gasteiger partial charge in [-0.15, -0.1) is 11.8 Å². The van der Waals surface area contributed by atoms with Gasteiger partial charge in [0, 0.05) is 12.4 Å². The van der Waals surface area contributed by atoms with Crippen molar-refractivity contribution in [1.29, 1.82) is 0 Å². The van der Waals surface area contributed by atoms with Crippen LogP contribution in [0.5, 0.6) is 0 Å². The van der Waals surface area contributed by atoms with Gasteiger partial charge in [-0.25, -0.2) is 9.97 Å². The molecule has 1 heterocycles. The molecule has 1 N–H and O–H groups in total. The van der Waals surface area contributed by atoms with Crippen molar-refractivity contribution >= 4 is 35.0 Å². The first-order valence-electron chi connectivity index (χ1n) is 3.65. The fraction of sp³-hybridized carbons (Fsp3) is 0.429. The fourth-order valence-corrected chi connectivity index (χ4v) is 1.91. The molecular formula is C7H8Cl2N2OS. The molecule has 1 aromatic heterocycles. The van der Waals surface area contributed by atoms with Crippen LogP contribution in [0.2, 0.25) is 10.3 Å². The lowest BCUT2D eigenvalue weighted by Gasteiger charge is -2.01. The van der Waals surface area contributed by atoms with E-state index >= 15 is 0 Å². The lowest BCUT2D eigenvalue weighted by molar-refractivity contribution is 0.296. The minimum Gasteiger partial charge on any atom is -0.396 e. The van der Waals surface area contributed by atoms with E-state index < -0.39 is 0 Å². The van der Waals surface area contributed by atoms with Crippen LogP contribution in [0.3, 0.4) is 0 Å². The Morgan fingerprint density at radius 3 is 2.92 bits per heavy atom. The Labute approximate surface area is 90.5 Å². The van der Waals surface area contributed by atoms with Crippen molar-refractivity contribution in [3.05, 3.63) is 16.5 Å². The predicted molar refractivity (Wildman–Crippen MR) is 54.5 cm³/mol. The Bertz CT molecular complexity index is 285. The molecule has 0 aromatic carbocycles. The Balaban J connectivity index is 2.59. The average Bonchev–Trinajstić information content (AvgIpc) is 2.11. The number of aromatic nitrogens is 2. The van der Waals surface area contributed by atoms with Gasteiger partial charge in [0.25, 0.3) is 0 Å². The molecule has 0 radical (unpaired) electrons. The van der Waals surface area contributed by atoms with Crippen molar-refractivity contribution in [2.24, 2.45) is 0 Å². The largest absolute Gasteiger partial charge is 0.396 e. The molecule has 0 amide bonds. The quantitative estimate of drug-likeness (QED) is 0.379. The summed E-state index contributed by atoms with van der Waals surface area (Å²) in [5.74, 6) is 0.767. The van der Waals surface area contributed by atoms with E-state index in [1.807, 2.05) is 0 Å². The highest BCUT2D eigenvalue weighted by Crippen LogP contribution is 2.25. The van der Waals surface area contributed by atoms with E-state index in [2.05, 4.69) is 9.97 Å². The number of hydrogen-bond donors (Lipinski definition) is 1. The maximum Gasteiger partial charge on any atom is 0.223 e. The fourth-order valence-electron chi connectivity index (χ4n) is 0.666. The Morgan fingerprint density at radius 2 is 2.23 bits per heavy atom. The van der Waals surface area contributed by atoms with Gasteiger partial charge in [0.1, 0.15) is 5.03 Å². The molecule has 72 valence electrons. The van der Waals surface area contributed by atoms with Crippen molar-refractivity contribution in [2.75, 3.05) is 12.4 Å². The van der Waals surface area contributed by atoms with Gasteiger partial charge in [-0.3, -0.25) is 0 Å². The molecule has 0 aliphatic heterocycles. The summed E-state index contributed by atoms with van der Waals surface area (Å²) in [6.45, 7) is 0.170. The van der Waals surface area contributed by atoms with Gasteiger partial charge in [-0.05, 0) is 18.0 Å². The molecule has 0 spiro atoms. The van der Waals surface area contributed by atoms with E-state index in [-0.39, 0.29) is 11.9 Å². The Hall–Kier alpha value is -0.0300. The summed E-state index contributed by atoms with van der Waals surface area (Å²) < 4.78 is 0. The topological polar surface area (TPSA) is 46.0 Å². The second-order valence-electron chi connectivity index (χ2n) is 2.22. The van der Waals surface area contributed by atoms with Crippen LogP contribution < -0.4 is 0 Å². The smallest absolute Gasteiger partial charge is 0.223 e. The minimum atomic E-state index is 0.170. The predicted octanol–water partition coefficient (Wildman–Crippen LogP) is 2.26. The van der Waals surface area contributed by atoms with Gasteiger partial charge in [0.2, 0.25) is 5.28 Å². The molecule has 0 aliphatic rings. The van der Waals surface area contributed by atoms with E-state index in [4.69, 9.17) is 28.3 Å². The van der Waals surface area contributed by atoms with Gasteiger partial charge in [0.15, 0.2) is 0 Å². The second-order valence-corrected chi connectivity index (χ2v) is 4.05. The van der Waals surface area contributed by atoms with Crippen LogP contribution in [-0.2, 0) is 0 Å². The van der Waals surface area contributed by atoms with Crippen molar-refractivity contribution < 1.29 is 5.11 Å². The zero-order valence-corrected chi connectivity index (χ0v) is 9.03. The van der Waals surface area contributed by atoms with Crippen LogP contribution >= 0.6 is 35.0 Å². The number of aliphatic hydroxyl groups is 1. The van der Waals surface area contributed by atoms with Gasteiger partial charge in [-0.1, -0.05) is 11.6 Å². The molecule has 3 nitrogen and oxygen atoms in total. The maximum absolute atomic E-state index is 8.56. The molecule has 0 fully saturated rings. The maximum atomic E-state index is 8.56. The zero-order chi connectivity index (χ0) is 9.68. The van der Waals surface area contributed by atoms with E-state index in [1.54, 1.807) is 0 Å². The molecular weight excluding hydrogens is 231 g/mol. The van der Waals surface area contributed by atoms with E-state index in [0.717, 1.165) is 5.75 Å². The first-order chi connectivity index (χ1) is 6.24. The summed E-state index contributed by atoms with van der Waals surface area (Å²) in [5, 5.41) is 9.91. The van der Waals surface area contributed by atoms with Crippen LogP contribution in [0, 0.1) is 0 Å². The molecule has 1 aromatic rings. The third-order valence-corrected chi connectivity index (χ3v) is 2.87. The summed E-state index contributed by atoms with van der Waals surface area (Å²) in [4.78, 5) is 7.68. The standard InChI is InChI=1S/C7H8Cl2N2OS/c8-5-4-10-7(9)11-6(5)13-3-1-2-12/h4,12H,1-3H2. The molecule has 0 saturated heterocycles. The molecule has 0 unspecified atom stereocenters. The number of rotatable bonds is 4. The van der Waals surface area contributed by atoms with E-state index in [9.17, 15) is 0 Å². The zero-order valence-electron chi connectivity index (χ0n) is 6.70. The van der Waals surface area contributed by atoms with Gasteiger partial charge in [-0.2, -0.15) is 0 Å². The molecule has 1 rings (SSSR count). The highest BCUT2D eigenvalue weighted by atomic mass is 35.5. The van der Waals surface area contributed by atoms with Crippen LogP contribution in [0.1, 0.15) is 6.42 Å². The normalized spacial score (nSPS) is 10.4. The van der Waals surface area contributed by atoms with Gasteiger partial charge in [0.05, 0.1) is 11.2 Å². The van der Waals surface area contributed by atoms with Crippen molar-refractivity contribution in [2.45, 2.75) is 11.4 Å². The van der Waals surface area contributed by atoms with Crippen LogP contribution in [0.15, 0.2) is 11.2 Å². The van der Waals surface area contributed by atoms with Crippen LogP contribution in [-0.4, -0.2) is 27.4 Å². The Kier molecular flexibility index (Phi) is 4.80. The van der Waals surface area contributed by atoms with Crippen LogP contribution in [0.25, 0.3) is 0 Å². The lowest BCUT2D eigenvalue weighted by atomic mass is 10.5. The molecule has 13 heavy (non-hydrogen) atoms. The number of thioether (sulfide) groups is 1. The summed E-state index contributed by atoms with van der Waals surface area (Å²) in [6.07, 6.45) is 2.18. The third-order valence-electron chi connectivity index (χ3n) is 1.22. The SMILES string of the molecule is OCCCSc1nc(Cl)ncc1Cl. The molecule has 6 heteroatoms. The van der Waals surface area contributed by atoms with Crippen molar-refractivity contribution in [1.82, 2.24) is 9.97 Å². The summed E-state index contributed by atoms with van der Waals surface area (Å²) >= 11 is 12.9. The molecule has 0 saturated carbocycles. The number of hydrogen-bond acceptors (Lipinski definition) is 4. The number of aliphatic hydroxyl groups excluding tert-OH is 1. The minimum absolute atomic E-state index is 0.170. The highest BCUT2D eigenvalue weighted by molar-refractivity contribution is 7.99. The highest BCUT2D eigenvalue weighted by Gasteiger charge is 2.03. The monoisotopic (exact) mass is 238 g/mol. The number of halogens is 2. The van der Waals surface area contributed by atoms with E-state index in [0.29, 0.717) is 16.5 Å². The summed E-state index contributed by atoms with van der Waals surface area (Å²) in [6, 6.07) is 0. The molecule has 0 aliphatic carbocycles. The van der Waals surface area contributed by atoms with Crippen LogP contribution in [0.4, 0.5) is 0 Å².